The van der Waals surface area contributed by atoms with E-state index in [2.05, 4.69) is 20.9 Å². The van der Waals surface area contributed by atoms with Gasteiger partial charge in [-0.2, -0.15) is 26.3 Å². The number of carbonyl (C=O) groups is 2. The van der Waals surface area contributed by atoms with Gasteiger partial charge in [0.25, 0.3) is 0 Å². The zero-order valence-electron chi connectivity index (χ0n) is 20.5. The monoisotopic (exact) mass is 559 g/mol. The van der Waals surface area contributed by atoms with Crippen molar-refractivity contribution in [3.63, 3.8) is 0 Å². The minimum Gasteiger partial charge on any atom is -0.475 e. The Morgan fingerprint density at radius 2 is 1.63 bits per heavy atom. The molecule has 1 aromatic heterocycles. The summed E-state index contributed by atoms with van der Waals surface area (Å²) < 4.78 is 75.7. The Labute approximate surface area is 215 Å². The second kappa shape index (κ2) is 14.1. The second-order valence-electron chi connectivity index (χ2n) is 9.30. The van der Waals surface area contributed by atoms with E-state index in [1.165, 1.54) is 38.0 Å². The minimum absolute atomic E-state index is 0.108. The van der Waals surface area contributed by atoms with Crippen molar-refractivity contribution in [3.8, 4) is 0 Å². The molecule has 0 radical (unpaired) electrons. The van der Waals surface area contributed by atoms with Crippen LogP contribution in [0.4, 0.5) is 26.3 Å². The minimum atomic E-state index is -5.08. The average molecular weight is 560 g/mol. The van der Waals surface area contributed by atoms with Crippen molar-refractivity contribution in [3.05, 3.63) is 30.1 Å². The summed E-state index contributed by atoms with van der Waals surface area (Å²) in [5.41, 5.74) is 1.16. The van der Waals surface area contributed by atoms with Crippen LogP contribution in [-0.2, 0) is 25.6 Å². The van der Waals surface area contributed by atoms with Crippen molar-refractivity contribution in [2.24, 2.45) is 5.92 Å². The summed E-state index contributed by atoms with van der Waals surface area (Å²) in [5, 5.41) is 14.2. The molecule has 15 heteroatoms. The zero-order chi connectivity index (χ0) is 28.4. The first-order valence-electron chi connectivity index (χ1n) is 11.9. The van der Waals surface area contributed by atoms with Gasteiger partial charge in [0, 0.05) is 38.6 Å². The molecule has 2 N–H and O–H groups in total. The Kier molecular flexibility index (Phi) is 11.7. The number of aliphatic carboxylic acids is 2. The maximum absolute atomic E-state index is 10.6. The van der Waals surface area contributed by atoms with Gasteiger partial charge in [-0.15, -0.1) is 0 Å². The van der Waals surface area contributed by atoms with Crippen LogP contribution in [0.2, 0.25) is 0 Å². The molecule has 3 fully saturated rings. The molecular formula is C23H31F6N3O6. The molecular weight excluding hydrogens is 528 g/mol. The maximum Gasteiger partial charge on any atom is 0.490 e. The van der Waals surface area contributed by atoms with Gasteiger partial charge in [-0.05, 0) is 49.9 Å². The van der Waals surface area contributed by atoms with Crippen LogP contribution >= 0.6 is 0 Å². The topological polar surface area (TPSA) is 112 Å². The van der Waals surface area contributed by atoms with Gasteiger partial charge in [-0.1, -0.05) is 6.07 Å². The van der Waals surface area contributed by atoms with Crippen LogP contribution in [0.1, 0.15) is 24.8 Å². The molecule has 9 nitrogen and oxygen atoms in total. The molecule has 0 saturated carbocycles. The summed E-state index contributed by atoms with van der Waals surface area (Å²) >= 11 is 0. The number of aromatic nitrogens is 1. The van der Waals surface area contributed by atoms with Crippen molar-refractivity contribution in [1.82, 2.24) is 14.8 Å². The maximum atomic E-state index is 10.6. The van der Waals surface area contributed by atoms with Crippen molar-refractivity contribution in [2.75, 3.05) is 52.5 Å². The molecule has 2 atom stereocenters. The Balaban J connectivity index is 0.000000301. The molecule has 0 bridgehead atoms. The summed E-state index contributed by atoms with van der Waals surface area (Å²) in [6.45, 7) is 9.04. The average Bonchev–Trinajstić information content (AvgIpc) is 3.42. The number of hydrogen-bond donors (Lipinski definition) is 2. The summed E-state index contributed by atoms with van der Waals surface area (Å²) in [7, 11) is 0. The summed E-state index contributed by atoms with van der Waals surface area (Å²) in [6.07, 6.45) is -2.52. The SMILES string of the molecule is O=C(O)C(F)(F)F.O=C(O)C(F)(F)F.c1cncc(CN2CCOCC3(CC(CN4CCCC4)CO3)C2)c1. The number of ether oxygens (including phenoxy) is 2. The molecule has 3 aliphatic heterocycles. The number of likely N-dealkylation sites (tertiary alicyclic amines) is 1. The highest BCUT2D eigenvalue weighted by molar-refractivity contribution is 5.73. The van der Waals surface area contributed by atoms with Gasteiger partial charge in [-0.3, -0.25) is 9.88 Å². The number of halogens is 6. The molecule has 38 heavy (non-hydrogen) atoms. The van der Waals surface area contributed by atoms with Crippen LogP contribution in [0.15, 0.2) is 24.5 Å². The van der Waals surface area contributed by atoms with Crippen LogP contribution in [0, 0.1) is 5.92 Å². The van der Waals surface area contributed by atoms with Crippen molar-refractivity contribution < 1.29 is 55.6 Å². The highest BCUT2D eigenvalue weighted by Gasteiger charge is 2.43. The van der Waals surface area contributed by atoms with Gasteiger partial charge in [0.15, 0.2) is 0 Å². The van der Waals surface area contributed by atoms with E-state index in [0.717, 1.165) is 45.9 Å². The lowest BCUT2D eigenvalue weighted by atomic mass is 9.94. The number of rotatable bonds is 4. The quantitative estimate of drug-likeness (QED) is 0.538. The second-order valence-corrected chi connectivity index (χ2v) is 9.30. The third-order valence-corrected chi connectivity index (χ3v) is 6.04. The Bertz CT molecular complexity index is 859. The van der Waals surface area contributed by atoms with Crippen molar-refractivity contribution >= 4 is 11.9 Å². The van der Waals surface area contributed by atoms with E-state index in [1.807, 2.05) is 18.5 Å². The highest BCUT2D eigenvalue weighted by Crippen LogP contribution is 2.34. The van der Waals surface area contributed by atoms with Crippen LogP contribution in [0.25, 0.3) is 0 Å². The van der Waals surface area contributed by atoms with Gasteiger partial charge >= 0.3 is 24.3 Å². The number of carboxylic acid groups (broad SMARTS) is 2. The Hall–Kier alpha value is -2.49. The van der Waals surface area contributed by atoms with Crippen molar-refractivity contribution in [1.29, 1.82) is 0 Å². The number of pyridine rings is 1. The molecule has 1 aromatic rings. The number of hydrogen-bond acceptors (Lipinski definition) is 7. The molecule has 0 aliphatic carbocycles. The fourth-order valence-electron chi connectivity index (χ4n) is 4.47. The third kappa shape index (κ3) is 11.1. The molecule has 0 amide bonds. The van der Waals surface area contributed by atoms with E-state index >= 15 is 0 Å². The van der Waals surface area contributed by atoms with E-state index < -0.39 is 24.3 Å². The predicted molar refractivity (Wildman–Crippen MR) is 120 cm³/mol. The Morgan fingerprint density at radius 1 is 1.03 bits per heavy atom. The summed E-state index contributed by atoms with van der Waals surface area (Å²) in [5.74, 6) is -4.86. The van der Waals surface area contributed by atoms with Crippen LogP contribution in [0.3, 0.4) is 0 Å². The number of carboxylic acids is 2. The lowest BCUT2D eigenvalue weighted by Crippen LogP contribution is -2.44. The third-order valence-electron chi connectivity index (χ3n) is 6.04. The first-order valence-corrected chi connectivity index (χ1v) is 11.9. The van der Waals surface area contributed by atoms with Gasteiger partial charge < -0.3 is 24.6 Å². The van der Waals surface area contributed by atoms with E-state index in [4.69, 9.17) is 29.3 Å². The van der Waals surface area contributed by atoms with Gasteiger partial charge in [0.05, 0.1) is 19.8 Å². The first-order chi connectivity index (χ1) is 17.7. The van der Waals surface area contributed by atoms with E-state index in [-0.39, 0.29) is 5.60 Å². The van der Waals surface area contributed by atoms with Crippen molar-refractivity contribution in [2.45, 2.75) is 43.8 Å². The molecule has 3 saturated heterocycles. The standard InChI is InChI=1S/C19H29N3O2.2C2HF3O2/c1-2-7-21(6-1)13-18-10-19(24-14-18)15-22(8-9-23-16-19)12-17-4-3-5-20-11-17;2*3-2(4,5)1(6)7/h3-5,11,18H,1-2,6-10,12-16H2;2*(H,6,7). The smallest absolute Gasteiger partial charge is 0.475 e. The van der Waals surface area contributed by atoms with Crippen LogP contribution in [-0.4, -0.2) is 107 Å². The summed E-state index contributed by atoms with van der Waals surface area (Å²) in [6, 6.07) is 4.16. The number of nitrogens with zero attached hydrogens (tertiary/aromatic N) is 3. The molecule has 0 aromatic carbocycles. The van der Waals surface area contributed by atoms with Gasteiger partial charge in [0.1, 0.15) is 5.60 Å². The van der Waals surface area contributed by atoms with E-state index in [1.54, 1.807) is 0 Å². The fraction of sp³-hybridized carbons (Fsp3) is 0.696. The largest absolute Gasteiger partial charge is 0.490 e. The highest BCUT2D eigenvalue weighted by atomic mass is 19.4. The van der Waals surface area contributed by atoms with Gasteiger partial charge in [-0.25, -0.2) is 9.59 Å². The molecule has 1 spiro atoms. The van der Waals surface area contributed by atoms with Gasteiger partial charge in [0.2, 0.25) is 0 Å². The predicted octanol–water partition coefficient (Wildman–Crippen LogP) is 3.05. The molecule has 4 rings (SSSR count). The fourth-order valence-corrected chi connectivity index (χ4v) is 4.47. The zero-order valence-corrected chi connectivity index (χ0v) is 20.5. The van der Waals surface area contributed by atoms with Crippen LogP contribution < -0.4 is 0 Å². The van der Waals surface area contributed by atoms with E-state index in [0.29, 0.717) is 5.92 Å². The number of alkyl halides is 6. The molecule has 216 valence electrons. The van der Waals surface area contributed by atoms with Crippen LogP contribution in [0.5, 0.6) is 0 Å². The molecule has 4 heterocycles. The lowest BCUT2D eigenvalue weighted by Gasteiger charge is -2.31. The first kappa shape index (κ1) is 31.7. The lowest BCUT2D eigenvalue weighted by molar-refractivity contribution is -0.193. The molecule has 3 aliphatic rings. The normalized spacial score (nSPS) is 24.6. The molecule has 2 unspecified atom stereocenters. The van der Waals surface area contributed by atoms with E-state index in [9.17, 15) is 26.3 Å². The Morgan fingerprint density at radius 3 is 2.16 bits per heavy atom. The summed E-state index contributed by atoms with van der Waals surface area (Å²) in [4.78, 5) is 27.1.